The lowest BCUT2D eigenvalue weighted by Crippen LogP contribution is -2.35. The van der Waals surface area contributed by atoms with Crippen molar-refractivity contribution < 1.29 is 9.84 Å². The molecule has 30 heavy (non-hydrogen) atoms. The van der Waals surface area contributed by atoms with Crippen LogP contribution in [0, 0.1) is 11.8 Å². The molecule has 1 fully saturated rings. The molecule has 3 heterocycles. The van der Waals surface area contributed by atoms with Crippen molar-refractivity contribution in [2.24, 2.45) is 4.99 Å². The van der Waals surface area contributed by atoms with Gasteiger partial charge in [-0.1, -0.05) is 24.0 Å². The number of hydrogen-bond acceptors (Lipinski definition) is 6. The summed E-state index contributed by atoms with van der Waals surface area (Å²) in [6.45, 7) is 4.93. The van der Waals surface area contributed by atoms with Crippen molar-refractivity contribution in [3.63, 3.8) is 0 Å². The number of allylic oxidation sites excluding steroid dienone is 1. The molecule has 7 heteroatoms. The van der Waals surface area contributed by atoms with Gasteiger partial charge >= 0.3 is 0 Å². The van der Waals surface area contributed by atoms with Crippen molar-refractivity contribution >= 4 is 6.34 Å². The molecule has 2 aromatic rings. The molecule has 0 spiro atoms. The van der Waals surface area contributed by atoms with Gasteiger partial charge in [0.15, 0.2) is 0 Å². The summed E-state index contributed by atoms with van der Waals surface area (Å²) in [5.74, 6) is 6.31. The van der Waals surface area contributed by atoms with E-state index in [0.29, 0.717) is 11.3 Å². The summed E-state index contributed by atoms with van der Waals surface area (Å²) in [6.07, 6.45) is 3.21. The molecule has 2 aliphatic rings. The first kappa shape index (κ1) is 20.0. The summed E-state index contributed by atoms with van der Waals surface area (Å²) < 4.78 is 6.90. The van der Waals surface area contributed by atoms with Gasteiger partial charge in [0, 0.05) is 43.0 Å². The van der Waals surface area contributed by atoms with E-state index in [1.54, 1.807) is 12.3 Å². The molecule has 0 unspecified atom stereocenters. The molecule has 1 saturated heterocycles. The van der Waals surface area contributed by atoms with E-state index in [9.17, 15) is 9.90 Å². The van der Waals surface area contributed by atoms with Crippen LogP contribution in [0.5, 0.6) is 0 Å². The molecule has 0 bridgehead atoms. The summed E-state index contributed by atoms with van der Waals surface area (Å²) in [7, 11) is 0. The largest absolute Gasteiger partial charge is 0.508 e. The van der Waals surface area contributed by atoms with E-state index in [0.717, 1.165) is 38.4 Å². The van der Waals surface area contributed by atoms with Crippen LogP contribution in [0.1, 0.15) is 16.7 Å². The van der Waals surface area contributed by atoms with Crippen LogP contribution in [0.15, 0.2) is 63.8 Å². The van der Waals surface area contributed by atoms with Gasteiger partial charge in [0.1, 0.15) is 5.76 Å². The number of aromatic nitrogens is 1. The highest BCUT2D eigenvalue weighted by Gasteiger charge is 2.11. The zero-order valence-electron chi connectivity index (χ0n) is 16.7. The minimum absolute atomic E-state index is 0.144. The maximum atomic E-state index is 12.4. The van der Waals surface area contributed by atoms with Crippen molar-refractivity contribution in [3.05, 3.63) is 81.1 Å². The van der Waals surface area contributed by atoms with Crippen molar-refractivity contribution in [2.75, 3.05) is 32.8 Å². The number of aliphatic hydroxyl groups excluding tert-OH is 1. The molecule has 1 aromatic heterocycles. The standard InChI is InChI=1S/C23H24N4O3/c28-22-14-24-17-25-21(22)16-27-8-7-19(13-23(27)29)4-1-18-2-5-20(6-3-18)15-26-9-11-30-12-10-26/h2-3,5-8,13,17,28H,9-12,14-16H2,(H,24,25). The smallest absolute Gasteiger partial charge is 0.252 e. The summed E-state index contributed by atoms with van der Waals surface area (Å²) >= 11 is 0. The van der Waals surface area contributed by atoms with Crippen LogP contribution in [0.3, 0.4) is 0 Å². The fourth-order valence-electron chi connectivity index (χ4n) is 3.31. The number of ether oxygens (including phenoxy) is 1. The Morgan fingerprint density at radius 1 is 1.07 bits per heavy atom. The first-order chi connectivity index (χ1) is 14.7. The lowest BCUT2D eigenvalue weighted by Gasteiger charge is -2.26. The molecular formula is C23H24N4O3. The van der Waals surface area contributed by atoms with E-state index in [-0.39, 0.29) is 24.4 Å². The minimum atomic E-state index is -0.174. The summed E-state index contributed by atoms with van der Waals surface area (Å²) in [6, 6.07) is 11.5. The number of rotatable bonds is 4. The highest BCUT2D eigenvalue weighted by atomic mass is 16.5. The van der Waals surface area contributed by atoms with Gasteiger partial charge in [-0.05, 0) is 23.8 Å². The number of nitrogens with one attached hydrogen (secondary N) is 1. The van der Waals surface area contributed by atoms with E-state index in [4.69, 9.17) is 4.74 Å². The molecule has 7 nitrogen and oxygen atoms in total. The van der Waals surface area contributed by atoms with Gasteiger partial charge in [-0.25, -0.2) is 0 Å². The molecule has 0 amide bonds. The number of pyridine rings is 1. The second-order valence-electron chi connectivity index (χ2n) is 7.26. The normalized spacial score (nSPS) is 16.7. The average molecular weight is 404 g/mol. The zero-order chi connectivity index (χ0) is 20.8. The minimum Gasteiger partial charge on any atom is -0.508 e. The Bertz CT molecular complexity index is 1070. The van der Waals surface area contributed by atoms with E-state index < -0.39 is 0 Å². The SMILES string of the molecule is O=c1cc(C#Cc2ccc(CN3CCOCC3)cc2)ccn1CC1=C(O)CN=CN1. The second kappa shape index (κ2) is 9.44. The Hall–Kier alpha value is -3.34. The third-order valence-electron chi connectivity index (χ3n) is 5.06. The molecule has 0 radical (unpaired) electrons. The van der Waals surface area contributed by atoms with E-state index in [2.05, 4.69) is 39.2 Å². The van der Waals surface area contributed by atoms with E-state index in [1.165, 1.54) is 22.5 Å². The van der Waals surface area contributed by atoms with Crippen LogP contribution >= 0.6 is 0 Å². The predicted molar refractivity (Wildman–Crippen MR) is 115 cm³/mol. The Labute approximate surface area is 175 Å². The average Bonchev–Trinajstić information content (AvgIpc) is 2.77. The quantitative estimate of drug-likeness (QED) is 0.755. The topological polar surface area (TPSA) is 79.1 Å². The monoisotopic (exact) mass is 404 g/mol. The zero-order valence-corrected chi connectivity index (χ0v) is 16.7. The summed E-state index contributed by atoms with van der Waals surface area (Å²) in [5, 5.41) is 12.7. The van der Waals surface area contributed by atoms with Gasteiger partial charge in [-0.3, -0.25) is 14.7 Å². The van der Waals surface area contributed by atoms with Crippen LogP contribution in [-0.2, 0) is 17.8 Å². The fourth-order valence-corrected chi connectivity index (χ4v) is 3.31. The van der Waals surface area contributed by atoms with Crippen molar-refractivity contribution in [1.82, 2.24) is 14.8 Å². The van der Waals surface area contributed by atoms with Gasteiger partial charge in [0.25, 0.3) is 5.56 Å². The molecular weight excluding hydrogens is 380 g/mol. The maximum Gasteiger partial charge on any atom is 0.252 e. The highest BCUT2D eigenvalue weighted by molar-refractivity contribution is 5.59. The summed E-state index contributed by atoms with van der Waals surface area (Å²) in [4.78, 5) is 18.7. The van der Waals surface area contributed by atoms with Gasteiger partial charge in [-0.2, -0.15) is 0 Å². The molecule has 4 rings (SSSR count). The Kier molecular flexibility index (Phi) is 6.28. The number of aliphatic hydroxyl groups is 1. The first-order valence-electron chi connectivity index (χ1n) is 9.95. The van der Waals surface area contributed by atoms with Crippen LogP contribution in [0.25, 0.3) is 0 Å². The molecule has 2 aliphatic heterocycles. The lowest BCUT2D eigenvalue weighted by atomic mass is 10.1. The number of nitrogens with zero attached hydrogens (tertiary/aromatic N) is 3. The fraction of sp³-hybridized carbons (Fsp3) is 0.304. The van der Waals surface area contributed by atoms with E-state index >= 15 is 0 Å². The van der Waals surface area contributed by atoms with Crippen LogP contribution in [0.2, 0.25) is 0 Å². The van der Waals surface area contributed by atoms with Crippen molar-refractivity contribution in [2.45, 2.75) is 13.1 Å². The Balaban J connectivity index is 1.40. The second-order valence-corrected chi connectivity index (χ2v) is 7.26. The predicted octanol–water partition coefficient (Wildman–Crippen LogP) is 1.48. The molecule has 0 aliphatic carbocycles. The number of benzene rings is 1. The maximum absolute atomic E-state index is 12.4. The van der Waals surface area contributed by atoms with Crippen LogP contribution < -0.4 is 10.9 Å². The molecule has 0 atom stereocenters. The highest BCUT2D eigenvalue weighted by Crippen LogP contribution is 2.09. The van der Waals surface area contributed by atoms with Crippen molar-refractivity contribution in [3.8, 4) is 11.8 Å². The van der Waals surface area contributed by atoms with Crippen LogP contribution in [-0.4, -0.2) is 53.8 Å². The number of morpholine rings is 1. The molecule has 2 N–H and O–H groups in total. The van der Waals surface area contributed by atoms with Crippen LogP contribution in [0.4, 0.5) is 0 Å². The van der Waals surface area contributed by atoms with Gasteiger partial charge in [0.2, 0.25) is 0 Å². The van der Waals surface area contributed by atoms with Gasteiger partial charge in [0.05, 0.1) is 38.3 Å². The first-order valence-corrected chi connectivity index (χ1v) is 9.95. The van der Waals surface area contributed by atoms with Crippen molar-refractivity contribution in [1.29, 1.82) is 0 Å². The molecule has 0 saturated carbocycles. The lowest BCUT2D eigenvalue weighted by molar-refractivity contribution is 0.0342. The van der Waals surface area contributed by atoms with Gasteiger partial charge in [-0.15, -0.1) is 0 Å². The molecule has 1 aromatic carbocycles. The Morgan fingerprint density at radius 3 is 2.57 bits per heavy atom. The summed E-state index contributed by atoms with van der Waals surface area (Å²) in [5.41, 5.74) is 3.22. The third kappa shape index (κ3) is 5.17. The number of aliphatic imine (C=N–C) groups is 1. The Morgan fingerprint density at radius 2 is 1.83 bits per heavy atom. The molecule has 154 valence electrons. The third-order valence-corrected chi connectivity index (χ3v) is 5.06. The van der Waals surface area contributed by atoms with Gasteiger partial charge < -0.3 is 19.7 Å². The van der Waals surface area contributed by atoms with E-state index in [1.807, 2.05) is 12.1 Å². The number of hydrogen-bond donors (Lipinski definition) is 2.